The molecule has 0 radical (unpaired) electrons. The second kappa shape index (κ2) is 7.75. The van der Waals surface area contributed by atoms with Crippen LogP contribution in [-0.2, 0) is 13.1 Å². The summed E-state index contributed by atoms with van der Waals surface area (Å²) in [4.78, 5) is 15.2. The summed E-state index contributed by atoms with van der Waals surface area (Å²) in [5.41, 5.74) is 2.54. The van der Waals surface area contributed by atoms with E-state index in [2.05, 4.69) is 21.9 Å². The Balaban J connectivity index is 1.48. The minimum Gasteiger partial charge on any atom is -0.297 e. The van der Waals surface area contributed by atoms with E-state index in [-0.39, 0.29) is 10.6 Å². The molecule has 0 saturated carbocycles. The lowest BCUT2D eigenvalue weighted by molar-refractivity contribution is -0.384. The number of hydrogen-bond acceptors (Lipinski definition) is 4. The van der Waals surface area contributed by atoms with Crippen molar-refractivity contribution in [2.24, 2.45) is 0 Å². The second-order valence-electron chi connectivity index (χ2n) is 6.10. The summed E-state index contributed by atoms with van der Waals surface area (Å²) < 4.78 is 0. The summed E-state index contributed by atoms with van der Waals surface area (Å²) in [6, 6.07) is 14.9. The Morgan fingerprint density at radius 1 is 0.833 bits per heavy atom. The molecule has 0 amide bonds. The smallest absolute Gasteiger partial charge is 0.269 e. The van der Waals surface area contributed by atoms with Crippen molar-refractivity contribution in [2.45, 2.75) is 13.1 Å². The van der Waals surface area contributed by atoms with Crippen molar-refractivity contribution < 1.29 is 4.92 Å². The molecular formula is C18H20ClN3O2. The zero-order chi connectivity index (χ0) is 16.9. The Morgan fingerprint density at radius 2 is 1.25 bits per heavy atom. The van der Waals surface area contributed by atoms with Gasteiger partial charge in [-0.05, 0) is 23.3 Å². The highest BCUT2D eigenvalue weighted by molar-refractivity contribution is 6.30. The molecule has 5 nitrogen and oxygen atoms in total. The Bertz CT molecular complexity index is 680. The minimum absolute atomic E-state index is 0.145. The lowest BCUT2D eigenvalue weighted by Gasteiger charge is -2.34. The zero-order valence-corrected chi connectivity index (χ0v) is 14.2. The highest BCUT2D eigenvalue weighted by atomic mass is 35.5. The van der Waals surface area contributed by atoms with Crippen molar-refractivity contribution in [1.29, 1.82) is 0 Å². The molecule has 6 heteroatoms. The SMILES string of the molecule is O=[N+]([O-])c1ccc(CN2CCN(Cc3ccc(Cl)cc3)CC2)cc1. The molecule has 2 aromatic carbocycles. The van der Waals surface area contributed by atoms with E-state index in [0.717, 1.165) is 49.9 Å². The molecule has 24 heavy (non-hydrogen) atoms. The fourth-order valence-electron chi connectivity index (χ4n) is 2.93. The number of halogens is 1. The predicted octanol–water partition coefficient (Wildman–Crippen LogP) is 3.57. The maximum atomic E-state index is 10.7. The molecular weight excluding hydrogens is 326 g/mol. The summed E-state index contributed by atoms with van der Waals surface area (Å²) in [6.45, 7) is 5.84. The van der Waals surface area contributed by atoms with Crippen LogP contribution in [0, 0.1) is 10.1 Å². The minimum atomic E-state index is -0.362. The van der Waals surface area contributed by atoms with E-state index in [0.29, 0.717) is 0 Å². The van der Waals surface area contributed by atoms with Gasteiger partial charge in [-0.25, -0.2) is 0 Å². The first kappa shape index (κ1) is 16.9. The van der Waals surface area contributed by atoms with Crippen LogP contribution in [0.5, 0.6) is 0 Å². The molecule has 2 aromatic rings. The van der Waals surface area contributed by atoms with Crippen LogP contribution < -0.4 is 0 Å². The van der Waals surface area contributed by atoms with Gasteiger partial charge in [0.2, 0.25) is 0 Å². The molecule has 0 aromatic heterocycles. The van der Waals surface area contributed by atoms with Crippen molar-refractivity contribution in [2.75, 3.05) is 26.2 Å². The topological polar surface area (TPSA) is 49.6 Å². The van der Waals surface area contributed by atoms with E-state index in [4.69, 9.17) is 11.6 Å². The summed E-state index contributed by atoms with van der Waals surface area (Å²) >= 11 is 5.92. The Labute approximate surface area is 146 Å². The number of nitrogens with zero attached hydrogens (tertiary/aromatic N) is 3. The lowest BCUT2D eigenvalue weighted by atomic mass is 10.1. The normalized spacial score (nSPS) is 16.2. The molecule has 1 fully saturated rings. The molecule has 0 spiro atoms. The van der Waals surface area contributed by atoms with E-state index in [1.54, 1.807) is 12.1 Å². The Hall–Kier alpha value is -1.95. The van der Waals surface area contributed by atoms with Gasteiger partial charge in [0.15, 0.2) is 0 Å². The third kappa shape index (κ3) is 4.54. The third-order valence-electron chi connectivity index (χ3n) is 4.34. The largest absolute Gasteiger partial charge is 0.297 e. The van der Waals surface area contributed by atoms with Crippen molar-refractivity contribution in [3.05, 3.63) is 74.8 Å². The van der Waals surface area contributed by atoms with Gasteiger partial charge in [0.25, 0.3) is 5.69 Å². The van der Waals surface area contributed by atoms with Gasteiger partial charge in [-0.1, -0.05) is 35.9 Å². The van der Waals surface area contributed by atoms with Gasteiger partial charge in [0, 0.05) is 56.4 Å². The first-order chi connectivity index (χ1) is 11.6. The lowest BCUT2D eigenvalue weighted by Crippen LogP contribution is -2.45. The molecule has 0 unspecified atom stereocenters. The molecule has 1 saturated heterocycles. The van der Waals surface area contributed by atoms with Crippen LogP contribution in [0.15, 0.2) is 48.5 Å². The highest BCUT2D eigenvalue weighted by Crippen LogP contribution is 2.16. The predicted molar refractivity (Wildman–Crippen MR) is 95.1 cm³/mol. The molecule has 3 rings (SSSR count). The number of non-ortho nitro benzene ring substituents is 1. The number of nitro benzene ring substituents is 1. The van der Waals surface area contributed by atoms with Crippen LogP contribution in [0.1, 0.15) is 11.1 Å². The first-order valence-electron chi connectivity index (χ1n) is 8.02. The van der Waals surface area contributed by atoms with Gasteiger partial charge in [0.05, 0.1) is 4.92 Å². The quantitative estimate of drug-likeness (QED) is 0.614. The fourth-order valence-corrected chi connectivity index (χ4v) is 3.06. The maximum absolute atomic E-state index is 10.7. The summed E-state index contributed by atoms with van der Waals surface area (Å²) in [5.74, 6) is 0. The number of benzene rings is 2. The third-order valence-corrected chi connectivity index (χ3v) is 4.59. The average Bonchev–Trinajstić information content (AvgIpc) is 2.59. The summed E-state index contributed by atoms with van der Waals surface area (Å²) in [5, 5.41) is 11.5. The molecule has 1 aliphatic rings. The summed E-state index contributed by atoms with van der Waals surface area (Å²) in [6.07, 6.45) is 0. The van der Waals surface area contributed by atoms with Crippen molar-refractivity contribution in [1.82, 2.24) is 9.80 Å². The number of piperazine rings is 1. The molecule has 0 bridgehead atoms. The standard InChI is InChI=1S/C18H20ClN3O2/c19-17-5-1-15(2-6-17)13-20-9-11-21(12-10-20)14-16-3-7-18(8-4-16)22(23)24/h1-8H,9-14H2. The number of hydrogen-bond donors (Lipinski definition) is 0. The van der Waals surface area contributed by atoms with Crippen LogP contribution >= 0.6 is 11.6 Å². The number of rotatable bonds is 5. The zero-order valence-electron chi connectivity index (χ0n) is 13.4. The van der Waals surface area contributed by atoms with Crippen LogP contribution in [-0.4, -0.2) is 40.9 Å². The molecule has 1 heterocycles. The highest BCUT2D eigenvalue weighted by Gasteiger charge is 2.17. The first-order valence-corrected chi connectivity index (χ1v) is 8.40. The summed E-state index contributed by atoms with van der Waals surface area (Å²) in [7, 11) is 0. The molecule has 126 valence electrons. The van der Waals surface area contributed by atoms with Gasteiger partial charge >= 0.3 is 0 Å². The molecule has 1 aliphatic heterocycles. The van der Waals surface area contributed by atoms with Crippen LogP contribution in [0.3, 0.4) is 0 Å². The van der Waals surface area contributed by atoms with Crippen molar-refractivity contribution in [3.8, 4) is 0 Å². The van der Waals surface area contributed by atoms with Gasteiger partial charge in [-0.2, -0.15) is 0 Å². The van der Waals surface area contributed by atoms with E-state index in [1.807, 2.05) is 24.3 Å². The Kier molecular flexibility index (Phi) is 5.45. The average molecular weight is 346 g/mol. The monoisotopic (exact) mass is 345 g/mol. The van der Waals surface area contributed by atoms with E-state index < -0.39 is 0 Å². The maximum Gasteiger partial charge on any atom is 0.269 e. The number of nitro groups is 1. The van der Waals surface area contributed by atoms with E-state index >= 15 is 0 Å². The van der Waals surface area contributed by atoms with Crippen molar-refractivity contribution >= 4 is 17.3 Å². The second-order valence-corrected chi connectivity index (χ2v) is 6.54. The fraction of sp³-hybridized carbons (Fsp3) is 0.333. The molecule has 0 aliphatic carbocycles. The van der Waals surface area contributed by atoms with Gasteiger partial charge in [0.1, 0.15) is 0 Å². The van der Waals surface area contributed by atoms with Gasteiger partial charge in [-0.15, -0.1) is 0 Å². The Morgan fingerprint density at radius 3 is 1.67 bits per heavy atom. The van der Waals surface area contributed by atoms with Crippen LogP contribution in [0.25, 0.3) is 0 Å². The molecule has 0 atom stereocenters. The molecule has 0 N–H and O–H groups in total. The van der Waals surface area contributed by atoms with Gasteiger partial charge in [-0.3, -0.25) is 19.9 Å². The van der Waals surface area contributed by atoms with E-state index in [9.17, 15) is 10.1 Å². The van der Waals surface area contributed by atoms with Crippen molar-refractivity contribution in [3.63, 3.8) is 0 Å². The van der Waals surface area contributed by atoms with Crippen LogP contribution in [0.2, 0.25) is 5.02 Å². The van der Waals surface area contributed by atoms with Crippen LogP contribution in [0.4, 0.5) is 5.69 Å². The van der Waals surface area contributed by atoms with E-state index in [1.165, 1.54) is 5.56 Å². The van der Waals surface area contributed by atoms with Gasteiger partial charge < -0.3 is 0 Å².